The fourth-order valence-electron chi connectivity index (χ4n) is 2.32. The molecular weight excluding hydrogens is 236 g/mol. The Labute approximate surface area is 105 Å². The van der Waals surface area contributed by atoms with Crippen LogP contribution in [0.2, 0.25) is 0 Å². The maximum absolute atomic E-state index is 10.6. The van der Waals surface area contributed by atoms with Crippen molar-refractivity contribution in [2.45, 2.75) is 44.3 Å². The number of imidazole rings is 1. The Balaban J connectivity index is 2.25. The molecular formula is C12H18N2O2S. The monoisotopic (exact) mass is 254 g/mol. The fourth-order valence-corrected chi connectivity index (χ4v) is 3.20. The van der Waals surface area contributed by atoms with Gasteiger partial charge in [0.1, 0.15) is 0 Å². The van der Waals surface area contributed by atoms with Crippen molar-refractivity contribution < 1.29 is 9.90 Å². The molecule has 1 heterocycles. The topological polar surface area (TPSA) is 55.1 Å². The van der Waals surface area contributed by atoms with E-state index >= 15 is 0 Å². The molecule has 0 aliphatic heterocycles. The van der Waals surface area contributed by atoms with Crippen LogP contribution in [0.5, 0.6) is 0 Å². The molecule has 5 heteroatoms. The first kappa shape index (κ1) is 12.5. The molecule has 1 fully saturated rings. The average Bonchev–Trinajstić information content (AvgIpc) is 3.00. The summed E-state index contributed by atoms with van der Waals surface area (Å²) in [5, 5.41) is 9.56. The van der Waals surface area contributed by atoms with Crippen molar-refractivity contribution in [1.82, 2.24) is 9.55 Å². The summed E-state index contributed by atoms with van der Waals surface area (Å²) in [5.74, 6) is -0.0389. The van der Waals surface area contributed by atoms with Crippen LogP contribution in [-0.4, -0.2) is 26.4 Å². The second-order valence-electron chi connectivity index (χ2n) is 5.13. The molecule has 0 saturated heterocycles. The normalized spacial score (nSPS) is 16.2. The smallest absolute Gasteiger partial charge is 0.313 e. The van der Waals surface area contributed by atoms with E-state index in [0.29, 0.717) is 5.92 Å². The van der Waals surface area contributed by atoms with Gasteiger partial charge in [-0.1, -0.05) is 11.8 Å². The number of hydrogen-bond acceptors (Lipinski definition) is 3. The van der Waals surface area contributed by atoms with Gasteiger partial charge in [0, 0.05) is 17.4 Å². The van der Waals surface area contributed by atoms with E-state index in [0.717, 1.165) is 10.9 Å². The number of carboxylic acids is 1. The highest BCUT2D eigenvalue weighted by Gasteiger charge is 2.40. The molecule has 1 aliphatic carbocycles. The Morgan fingerprint density at radius 3 is 2.82 bits per heavy atom. The first-order valence-corrected chi connectivity index (χ1v) is 6.81. The molecule has 1 aromatic rings. The Morgan fingerprint density at radius 2 is 2.29 bits per heavy atom. The molecule has 0 aromatic carbocycles. The zero-order valence-electron chi connectivity index (χ0n) is 10.4. The lowest BCUT2D eigenvalue weighted by atomic mass is 9.98. The molecule has 0 unspecified atom stereocenters. The van der Waals surface area contributed by atoms with Gasteiger partial charge < -0.3 is 9.67 Å². The second-order valence-corrected chi connectivity index (χ2v) is 6.07. The molecule has 1 saturated carbocycles. The summed E-state index contributed by atoms with van der Waals surface area (Å²) in [6.45, 7) is 6.45. The van der Waals surface area contributed by atoms with Crippen molar-refractivity contribution in [2.24, 2.45) is 5.92 Å². The molecule has 17 heavy (non-hydrogen) atoms. The van der Waals surface area contributed by atoms with Crippen LogP contribution in [0.3, 0.4) is 0 Å². The van der Waals surface area contributed by atoms with Crippen LogP contribution in [0.1, 0.15) is 32.4 Å². The van der Waals surface area contributed by atoms with E-state index in [1.165, 1.54) is 24.6 Å². The van der Waals surface area contributed by atoms with Crippen LogP contribution >= 0.6 is 11.8 Å². The van der Waals surface area contributed by atoms with E-state index < -0.39 is 5.97 Å². The third-order valence-corrected chi connectivity index (χ3v) is 4.32. The van der Waals surface area contributed by atoms with Crippen LogP contribution in [0.15, 0.2) is 11.4 Å². The zero-order chi connectivity index (χ0) is 12.6. The third-order valence-electron chi connectivity index (χ3n) is 3.38. The average molecular weight is 254 g/mol. The lowest BCUT2D eigenvalue weighted by Crippen LogP contribution is -2.30. The number of rotatable bonds is 5. The van der Waals surface area contributed by atoms with Gasteiger partial charge in [-0.25, -0.2) is 4.98 Å². The third kappa shape index (κ3) is 2.49. The predicted octanol–water partition coefficient (Wildman–Crippen LogP) is 2.51. The SMILES string of the molecule is Cc1cnc(SCC(=O)O)n1C(C)(C)C1CC1. The molecule has 0 atom stereocenters. The summed E-state index contributed by atoms with van der Waals surface area (Å²) in [6, 6.07) is 0. The zero-order valence-corrected chi connectivity index (χ0v) is 11.3. The standard InChI is InChI=1S/C12H18N2O2S/c1-8-6-13-11(17-7-10(15)16)14(8)12(2,3)9-4-5-9/h6,9H,4-5,7H2,1-3H3,(H,15,16). The minimum absolute atomic E-state index is 0.0431. The Morgan fingerprint density at radius 1 is 1.65 bits per heavy atom. The minimum atomic E-state index is -0.800. The van der Waals surface area contributed by atoms with Gasteiger partial charge in [-0.3, -0.25) is 4.79 Å². The van der Waals surface area contributed by atoms with Crippen molar-refractivity contribution >= 4 is 17.7 Å². The van der Waals surface area contributed by atoms with Crippen molar-refractivity contribution in [2.75, 3.05) is 5.75 Å². The molecule has 0 bridgehead atoms. The maximum Gasteiger partial charge on any atom is 0.313 e. The van der Waals surface area contributed by atoms with Gasteiger partial charge in [0.15, 0.2) is 5.16 Å². The van der Waals surface area contributed by atoms with E-state index in [-0.39, 0.29) is 11.3 Å². The van der Waals surface area contributed by atoms with Gasteiger partial charge in [0.25, 0.3) is 0 Å². The Hall–Kier alpha value is -0.970. The summed E-state index contributed by atoms with van der Waals surface area (Å²) in [5.41, 5.74) is 1.15. The number of hydrogen-bond donors (Lipinski definition) is 1. The molecule has 0 radical (unpaired) electrons. The van der Waals surface area contributed by atoms with Crippen LogP contribution < -0.4 is 0 Å². The highest BCUT2D eigenvalue weighted by molar-refractivity contribution is 7.99. The molecule has 0 spiro atoms. The molecule has 2 rings (SSSR count). The summed E-state index contributed by atoms with van der Waals surface area (Å²) in [6.07, 6.45) is 4.34. The van der Waals surface area contributed by atoms with Crippen molar-refractivity contribution in [3.05, 3.63) is 11.9 Å². The predicted molar refractivity (Wildman–Crippen MR) is 67.4 cm³/mol. The first-order valence-electron chi connectivity index (χ1n) is 5.82. The van der Waals surface area contributed by atoms with Crippen LogP contribution in [-0.2, 0) is 10.3 Å². The van der Waals surface area contributed by atoms with E-state index in [2.05, 4.69) is 23.4 Å². The summed E-state index contributed by atoms with van der Waals surface area (Å²) in [7, 11) is 0. The van der Waals surface area contributed by atoms with Gasteiger partial charge in [0.2, 0.25) is 0 Å². The van der Waals surface area contributed by atoms with Gasteiger partial charge in [-0.05, 0) is 39.5 Å². The van der Waals surface area contributed by atoms with Crippen molar-refractivity contribution in [3.8, 4) is 0 Å². The number of nitrogens with zero attached hydrogens (tertiary/aromatic N) is 2. The van der Waals surface area contributed by atoms with E-state index in [9.17, 15) is 4.79 Å². The fraction of sp³-hybridized carbons (Fsp3) is 0.667. The number of thioether (sulfide) groups is 1. The number of aromatic nitrogens is 2. The molecule has 4 nitrogen and oxygen atoms in total. The summed E-state index contributed by atoms with van der Waals surface area (Å²) < 4.78 is 2.19. The number of aryl methyl sites for hydroxylation is 1. The lowest BCUT2D eigenvalue weighted by molar-refractivity contribution is -0.133. The Kier molecular flexibility index (Phi) is 3.21. The number of carboxylic acid groups (broad SMARTS) is 1. The number of carbonyl (C=O) groups is 1. The highest BCUT2D eigenvalue weighted by Crippen LogP contribution is 2.45. The molecule has 1 aromatic heterocycles. The van der Waals surface area contributed by atoms with Crippen LogP contribution in [0, 0.1) is 12.8 Å². The maximum atomic E-state index is 10.6. The first-order chi connectivity index (χ1) is 7.93. The van der Waals surface area contributed by atoms with Gasteiger partial charge in [-0.15, -0.1) is 0 Å². The second kappa shape index (κ2) is 4.37. The van der Waals surface area contributed by atoms with E-state index in [4.69, 9.17) is 5.11 Å². The largest absolute Gasteiger partial charge is 0.481 e. The minimum Gasteiger partial charge on any atom is -0.481 e. The summed E-state index contributed by atoms with van der Waals surface area (Å²) in [4.78, 5) is 15.0. The van der Waals surface area contributed by atoms with Crippen LogP contribution in [0.4, 0.5) is 0 Å². The molecule has 94 valence electrons. The molecule has 1 N–H and O–H groups in total. The number of aliphatic carboxylic acids is 1. The van der Waals surface area contributed by atoms with E-state index in [1.807, 2.05) is 13.1 Å². The molecule has 0 amide bonds. The summed E-state index contributed by atoms with van der Waals surface area (Å²) >= 11 is 1.30. The van der Waals surface area contributed by atoms with E-state index in [1.54, 1.807) is 0 Å². The lowest BCUT2D eigenvalue weighted by Gasteiger charge is -2.29. The highest BCUT2D eigenvalue weighted by atomic mass is 32.2. The van der Waals surface area contributed by atoms with Gasteiger partial charge in [0.05, 0.1) is 5.75 Å². The Bertz CT molecular complexity index is 436. The van der Waals surface area contributed by atoms with Crippen molar-refractivity contribution in [1.29, 1.82) is 0 Å². The molecule has 1 aliphatic rings. The van der Waals surface area contributed by atoms with Crippen LogP contribution in [0.25, 0.3) is 0 Å². The van der Waals surface area contributed by atoms with Gasteiger partial charge >= 0.3 is 5.97 Å². The van der Waals surface area contributed by atoms with Gasteiger partial charge in [-0.2, -0.15) is 0 Å². The van der Waals surface area contributed by atoms with Crippen molar-refractivity contribution in [3.63, 3.8) is 0 Å². The quantitative estimate of drug-likeness (QED) is 0.820.